The van der Waals surface area contributed by atoms with Crippen LogP contribution in [0.25, 0.3) is 18.2 Å². The van der Waals surface area contributed by atoms with Crippen molar-refractivity contribution in [2.75, 3.05) is 0 Å². The minimum atomic E-state index is -0.325. The number of hydrogen-bond donors (Lipinski definition) is 0. The van der Waals surface area contributed by atoms with Crippen LogP contribution in [0.15, 0.2) is 106 Å². The molecule has 0 spiro atoms. The van der Waals surface area contributed by atoms with Crippen molar-refractivity contribution in [2.24, 2.45) is 15.5 Å². The van der Waals surface area contributed by atoms with E-state index in [9.17, 15) is 30.0 Å². The van der Waals surface area contributed by atoms with Gasteiger partial charge in [0, 0.05) is 16.7 Å². The topological polar surface area (TPSA) is 157 Å². The molecule has 11 heteroatoms. The Labute approximate surface area is 267 Å². The van der Waals surface area contributed by atoms with Gasteiger partial charge in [-0.15, -0.1) is 0 Å². The van der Waals surface area contributed by atoms with Gasteiger partial charge in [-0.2, -0.15) is 0 Å². The largest absolute Gasteiger partial charge is 2.00 e. The van der Waals surface area contributed by atoms with Crippen LogP contribution in [-0.2, 0) is 31.5 Å². The third kappa shape index (κ3) is 7.52. The number of allylic oxidation sites excluding steroid dienone is 3. The summed E-state index contributed by atoms with van der Waals surface area (Å²) in [6, 6.07) is 21.5. The van der Waals surface area contributed by atoms with Gasteiger partial charge in [0.05, 0.1) is 0 Å². The molecule has 0 saturated carbocycles. The SMILES string of the molecule is O=C1C=Cc2ccccc2/C1=N/[O-].O=C1C=Cc2ccccc2/C1=N\[O-].O=C1C=Cc2ccccc2/C1=N\[O-].[Fe+2].[Na+]. The zero-order valence-electron chi connectivity index (χ0n) is 21.5. The Balaban J connectivity index is 0.000000210. The predicted octanol–water partition coefficient (Wildman–Crippen LogP) is 1.71. The van der Waals surface area contributed by atoms with Crippen LogP contribution in [-0.4, -0.2) is 34.5 Å². The molecule has 41 heavy (non-hydrogen) atoms. The number of fused-ring (bicyclic) bond motifs is 3. The van der Waals surface area contributed by atoms with E-state index in [1.165, 1.54) is 18.2 Å². The number of nitrogens with zero attached hydrogens (tertiary/aromatic N) is 3. The third-order valence-electron chi connectivity index (χ3n) is 5.86. The summed E-state index contributed by atoms with van der Waals surface area (Å²) in [5.41, 5.74) is 4.42. The van der Waals surface area contributed by atoms with Crippen molar-refractivity contribution < 1.29 is 61.0 Å². The molecule has 3 aromatic rings. The van der Waals surface area contributed by atoms with Crippen LogP contribution >= 0.6 is 0 Å². The Hall–Kier alpha value is -4.18. The third-order valence-corrected chi connectivity index (χ3v) is 5.86. The summed E-state index contributed by atoms with van der Waals surface area (Å²) in [5, 5.41) is 39.4. The smallest absolute Gasteiger partial charge is 0.791 e. The van der Waals surface area contributed by atoms with Gasteiger partial charge in [-0.3, -0.25) is 14.4 Å². The Morgan fingerprint density at radius 3 is 0.902 bits per heavy atom. The number of ketones is 3. The van der Waals surface area contributed by atoms with Crippen molar-refractivity contribution in [1.82, 2.24) is 0 Å². The molecule has 0 atom stereocenters. The van der Waals surface area contributed by atoms with Crippen molar-refractivity contribution in [3.8, 4) is 0 Å². The molecule has 0 radical (unpaired) electrons. The van der Waals surface area contributed by atoms with Gasteiger partial charge in [0.15, 0.2) is 0 Å². The number of hydrogen-bond acceptors (Lipinski definition) is 9. The summed E-state index contributed by atoms with van der Waals surface area (Å²) in [6.45, 7) is 0. The van der Waals surface area contributed by atoms with Crippen LogP contribution in [0.4, 0.5) is 0 Å². The maximum absolute atomic E-state index is 11.2. The van der Waals surface area contributed by atoms with Gasteiger partial charge in [-0.05, 0) is 34.9 Å². The van der Waals surface area contributed by atoms with Crippen LogP contribution in [0.2, 0.25) is 0 Å². The van der Waals surface area contributed by atoms with E-state index >= 15 is 0 Å². The standard InChI is InChI=1S/3C10H7NO2.Fe.Na/c3*12-9-6-5-7-3-1-2-4-8(7)10(9)11-13;;/h3*1-6,13H;;/q;;;+2;+1/p-3/b2*11-10+;11-10-;;. The average Bonchev–Trinajstić information content (AvgIpc) is 2.98. The number of rotatable bonds is 0. The maximum Gasteiger partial charge on any atom is 2.00 e. The van der Waals surface area contributed by atoms with Gasteiger partial charge < -0.3 is 31.1 Å². The fourth-order valence-electron chi connectivity index (χ4n) is 3.99. The fourth-order valence-corrected chi connectivity index (χ4v) is 3.99. The molecular weight excluding hydrogens is 577 g/mol. The summed E-state index contributed by atoms with van der Waals surface area (Å²) in [6.07, 6.45) is 9.14. The van der Waals surface area contributed by atoms with E-state index in [0.717, 1.165) is 16.7 Å². The zero-order chi connectivity index (χ0) is 27.8. The Kier molecular flexibility index (Phi) is 12.5. The van der Waals surface area contributed by atoms with E-state index in [0.29, 0.717) is 16.7 Å². The molecule has 3 aliphatic rings. The Morgan fingerprint density at radius 1 is 0.415 bits per heavy atom. The first kappa shape index (κ1) is 33.0. The zero-order valence-corrected chi connectivity index (χ0v) is 24.6. The molecule has 3 aliphatic carbocycles. The van der Waals surface area contributed by atoms with Crippen molar-refractivity contribution >= 4 is 52.7 Å². The molecule has 9 nitrogen and oxygen atoms in total. The Morgan fingerprint density at radius 2 is 0.659 bits per heavy atom. The monoisotopic (exact) mass is 595 g/mol. The molecule has 0 bridgehead atoms. The molecule has 3 aromatic carbocycles. The van der Waals surface area contributed by atoms with Crippen LogP contribution in [0, 0.1) is 15.6 Å². The summed E-state index contributed by atoms with van der Waals surface area (Å²) in [4.78, 5) is 33.5. The minimum absolute atomic E-state index is 0. The molecule has 0 unspecified atom stereocenters. The molecule has 0 N–H and O–H groups in total. The molecule has 198 valence electrons. The quantitative estimate of drug-likeness (QED) is 0.285. The van der Waals surface area contributed by atoms with Crippen molar-refractivity contribution in [3.63, 3.8) is 0 Å². The van der Waals surface area contributed by atoms with E-state index in [-0.39, 0.29) is 81.1 Å². The molecule has 0 saturated heterocycles. The minimum Gasteiger partial charge on any atom is -0.791 e. The van der Waals surface area contributed by atoms with Crippen LogP contribution < -0.4 is 29.6 Å². The van der Waals surface area contributed by atoms with E-state index < -0.39 is 0 Å². The maximum atomic E-state index is 11.2. The first-order valence-electron chi connectivity index (χ1n) is 11.5. The van der Waals surface area contributed by atoms with Gasteiger partial charge in [-0.1, -0.05) is 91.0 Å². The second-order valence-electron chi connectivity index (χ2n) is 8.17. The van der Waals surface area contributed by atoms with E-state index in [1.807, 2.05) is 36.4 Å². The fraction of sp³-hybridized carbons (Fsp3) is 0. The molecule has 0 aliphatic heterocycles. The molecule has 0 heterocycles. The number of carbonyl (C=O) groups excluding carboxylic acids is 3. The van der Waals surface area contributed by atoms with Crippen LogP contribution in [0.5, 0.6) is 0 Å². The van der Waals surface area contributed by atoms with Crippen molar-refractivity contribution in [1.29, 1.82) is 0 Å². The van der Waals surface area contributed by atoms with Gasteiger partial charge in [0.1, 0.15) is 17.1 Å². The summed E-state index contributed by atoms with van der Waals surface area (Å²) < 4.78 is 0. The number of benzene rings is 3. The number of carbonyl (C=O) groups is 3. The molecular formula is C30H18FeN3NaO6. The van der Waals surface area contributed by atoms with E-state index in [1.54, 1.807) is 54.6 Å². The van der Waals surface area contributed by atoms with E-state index in [2.05, 4.69) is 15.5 Å². The molecule has 0 amide bonds. The Bertz CT molecular complexity index is 1460. The van der Waals surface area contributed by atoms with Crippen molar-refractivity contribution in [2.45, 2.75) is 0 Å². The first-order chi connectivity index (χ1) is 19.0. The molecule has 0 fully saturated rings. The summed E-state index contributed by atoms with van der Waals surface area (Å²) in [7, 11) is 0. The van der Waals surface area contributed by atoms with Crippen LogP contribution in [0.3, 0.4) is 0 Å². The second kappa shape index (κ2) is 15.6. The molecule has 6 rings (SSSR count). The van der Waals surface area contributed by atoms with Gasteiger partial charge in [0.2, 0.25) is 17.3 Å². The van der Waals surface area contributed by atoms with Crippen LogP contribution in [0.1, 0.15) is 33.4 Å². The predicted molar refractivity (Wildman–Crippen MR) is 151 cm³/mol. The molecule has 0 aromatic heterocycles. The average molecular weight is 595 g/mol. The van der Waals surface area contributed by atoms with Crippen molar-refractivity contribution in [3.05, 3.63) is 140 Å². The van der Waals surface area contributed by atoms with Gasteiger partial charge >= 0.3 is 46.6 Å². The summed E-state index contributed by atoms with van der Waals surface area (Å²) in [5.74, 6) is -0.976. The van der Waals surface area contributed by atoms with E-state index in [4.69, 9.17) is 0 Å². The normalized spacial score (nSPS) is 16.7. The van der Waals surface area contributed by atoms with Gasteiger partial charge in [-0.25, -0.2) is 0 Å². The summed E-state index contributed by atoms with van der Waals surface area (Å²) >= 11 is 0. The first-order valence-corrected chi connectivity index (χ1v) is 11.5. The van der Waals surface area contributed by atoms with Gasteiger partial charge in [0.25, 0.3) is 0 Å². The second-order valence-corrected chi connectivity index (χ2v) is 8.17.